The van der Waals surface area contributed by atoms with Gasteiger partial charge in [0.15, 0.2) is 0 Å². The van der Waals surface area contributed by atoms with Crippen LogP contribution in [0.1, 0.15) is 97.8 Å². The molecule has 0 saturated carbocycles. The molecule has 140 valence electrons. The number of hydrogen-bond acceptors (Lipinski definition) is 2. The standard InChI is InChI=1S/C22H41NO/c1-4-5-6-7-8-9-10-11-12-13-14-15-22(24)21-16-19(2)18-23-20(3)17-21/h4-5,19-21,23H,6-18H2,1-3H3/b5-4+. The smallest absolute Gasteiger partial charge is 0.136 e. The number of nitrogens with one attached hydrogen (secondary N) is 1. The summed E-state index contributed by atoms with van der Waals surface area (Å²) in [4.78, 5) is 12.5. The molecule has 1 heterocycles. The molecule has 3 unspecified atom stereocenters. The molecule has 0 spiro atoms. The van der Waals surface area contributed by atoms with E-state index < -0.39 is 0 Å². The van der Waals surface area contributed by atoms with E-state index in [0.717, 1.165) is 32.2 Å². The molecule has 24 heavy (non-hydrogen) atoms. The van der Waals surface area contributed by atoms with Gasteiger partial charge in [-0.1, -0.05) is 57.6 Å². The number of rotatable bonds is 12. The second-order valence-electron chi connectivity index (χ2n) is 7.99. The van der Waals surface area contributed by atoms with E-state index in [2.05, 4.69) is 38.2 Å². The van der Waals surface area contributed by atoms with E-state index in [4.69, 9.17) is 0 Å². The summed E-state index contributed by atoms with van der Waals surface area (Å²) in [6.45, 7) is 7.65. The van der Waals surface area contributed by atoms with Gasteiger partial charge >= 0.3 is 0 Å². The molecular formula is C22H41NO. The molecule has 0 radical (unpaired) electrons. The van der Waals surface area contributed by atoms with Crippen molar-refractivity contribution in [1.82, 2.24) is 5.32 Å². The van der Waals surface area contributed by atoms with Crippen LogP contribution in [0.25, 0.3) is 0 Å². The fourth-order valence-corrected chi connectivity index (χ4v) is 3.83. The second kappa shape index (κ2) is 13.6. The minimum absolute atomic E-state index is 0.308. The predicted molar refractivity (Wildman–Crippen MR) is 105 cm³/mol. The summed E-state index contributed by atoms with van der Waals surface area (Å²) >= 11 is 0. The van der Waals surface area contributed by atoms with E-state index in [9.17, 15) is 4.79 Å². The van der Waals surface area contributed by atoms with Gasteiger partial charge in [-0.15, -0.1) is 0 Å². The van der Waals surface area contributed by atoms with Crippen LogP contribution in [0.4, 0.5) is 0 Å². The molecule has 1 aliphatic heterocycles. The lowest BCUT2D eigenvalue weighted by atomic mass is 9.87. The number of ketones is 1. The van der Waals surface area contributed by atoms with E-state index in [1.54, 1.807) is 0 Å². The average molecular weight is 336 g/mol. The molecule has 0 aliphatic carbocycles. The zero-order valence-corrected chi connectivity index (χ0v) is 16.5. The van der Waals surface area contributed by atoms with Gasteiger partial charge in [-0.2, -0.15) is 0 Å². The first-order valence-electron chi connectivity index (χ1n) is 10.5. The molecule has 1 aliphatic rings. The Labute approximate surface area is 150 Å². The van der Waals surface area contributed by atoms with Crippen LogP contribution in [0.15, 0.2) is 12.2 Å². The first kappa shape index (κ1) is 21.4. The molecular weight excluding hydrogens is 294 g/mol. The van der Waals surface area contributed by atoms with E-state index in [0.29, 0.717) is 23.7 Å². The van der Waals surface area contributed by atoms with Crippen LogP contribution < -0.4 is 5.32 Å². The Morgan fingerprint density at radius 3 is 2.25 bits per heavy atom. The van der Waals surface area contributed by atoms with Crippen LogP contribution >= 0.6 is 0 Å². The Bertz CT molecular complexity index is 338. The van der Waals surface area contributed by atoms with Crippen molar-refractivity contribution >= 4 is 5.78 Å². The zero-order valence-electron chi connectivity index (χ0n) is 16.5. The van der Waals surface area contributed by atoms with Crippen molar-refractivity contribution in [2.24, 2.45) is 11.8 Å². The van der Waals surface area contributed by atoms with Crippen molar-refractivity contribution in [3.63, 3.8) is 0 Å². The largest absolute Gasteiger partial charge is 0.314 e. The van der Waals surface area contributed by atoms with E-state index in [1.165, 1.54) is 51.4 Å². The lowest BCUT2D eigenvalue weighted by Gasteiger charge is -2.16. The maximum absolute atomic E-state index is 12.5. The van der Waals surface area contributed by atoms with Crippen molar-refractivity contribution in [2.45, 2.75) is 104 Å². The number of allylic oxidation sites excluding steroid dienone is 2. The average Bonchev–Trinajstić information content (AvgIpc) is 2.73. The van der Waals surface area contributed by atoms with Crippen LogP contribution in [0.2, 0.25) is 0 Å². The van der Waals surface area contributed by atoms with Crippen LogP contribution in [-0.4, -0.2) is 18.4 Å². The number of hydrogen-bond donors (Lipinski definition) is 1. The summed E-state index contributed by atoms with van der Waals surface area (Å²) in [7, 11) is 0. The highest BCUT2D eigenvalue weighted by atomic mass is 16.1. The van der Waals surface area contributed by atoms with Gasteiger partial charge in [-0.25, -0.2) is 0 Å². The van der Waals surface area contributed by atoms with Crippen molar-refractivity contribution in [1.29, 1.82) is 0 Å². The third-order valence-corrected chi connectivity index (χ3v) is 5.37. The molecule has 1 saturated heterocycles. The number of Topliss-reactive ketones (excluding diaryl/α,β-unsaturated/α-hetero) is 1. The van der Waals surface area contributed by atoms with Crippen molar-refractivity contribution in [3.05, 3.63) is 12.2 Å². The number of carbonyl (C=O) groups excluding carboxylic acids is 1. The van der Waals surface area contributed by atoms with Gasteiger partial charge in [0.25, 0.3) is 0 Å². The predicted octanol–water partition coefficient (Wildman–Crippen LogP) is 6.06. The van der Waals surface area contributed by atoms with Crippen LogP contribution in [0, 0.1) is 11.8 Å². The van der Waals surface area contributed by atoms with Gasteiger partial charge in [0, 0.05) is 18.4 Å². The Hall–Kier alpha value is -0.630. The quantitative estimate of drug-likeness (QED) is 0.347. The highest BCUT2D eigenvalue weighted by Gasteiger charge is 2.25. The minimum Gasteiger partial charge on any atom is -0.314 e. The van der Waals surface area contributed by atoms with Crippen LogP contribution in [-0.2, 0) is 4.79 Å². The molecule has 1 N–H and O–H groups in total. The molecule has 2 nitrogen and oxygen atoms in total. The van der Waals surface area contributed by atoms with Crippen molar-refractivity contribution in [3.8, 4) is 0 Å². The molecule has 0 aromatic rings. The molecule has 1 fully saturated rings. The van der Waals surface area contributed by atoms with Crippen LogP contribution in [0.3, 0.4) is 0 Å². The Kier molecular flexibility index (Phi) is 12.2. The van der Waals surface area contributed by atoms with Gasteiger partial charge in [-0.3, -0.25) is 4.79 Å². The third kappa shape index (κ3) is 10.3. The van der Waals surface area contributed by atoms with Gasteiger partial charge in [0.05, 0.1) is 0 Å². The summed E-state index contributed by atoms with van der Waals surface area (Å²) < 4.78 is 0. The third-order valence-electron chi connectivity index (χ3n) is 5.37. The van der Waals surface area contributed by atoms with Gasteiger partial charge in [-0.05, 0) is 58.4 Å². The first-order chi connectivity index (χ1) is 11.6. The van der Waals surface area contributed by atoms with Gasteiger partial charge in [0.1, 0.15) is 5.78 Å². The van der Waals surface area contributed by atoms with E-state index >= 15 is 0 Å². The summed E-state index contributed by atoms with van der Waals surface area (Å²) in [6.07, 6.45) is 19.0. The molecule has 0 bridgehead atoms. The minimum atomic E-state index is 0.308. The lowest BCUT2D eigenvalue weighted by molar-refractivity contribution is -0.123. The number of unbranched alkanes of at least 4 members (excludes halogenated alkanes) is 8. The van der Waals surface area contributed by atoms with Crippen LogP contribution in [0.5, 0.6) is 0 Å². The topological polar surface area (TPSA) is 29.1 Å². The summed E-state index contributed by atoms with van der Waals surface area (Å²) in [6, 6.07) is 0.497. The van der Waals surface area contributed by atoms with E-state index in [1.807, 2.05) is 0 Å². The summed E-state index contributed by atoms with van der Waals surface area (Å²) in [5.74, 6) is 1.47. The van der Waals surface area contributed by atoms with Gasteiger partial charge < -0.3 is 5.32 Å². The fraction of sp³-hybridized carbons (Fsp3) is 0.864. The molecule has 0 aromatic heterocycles. The first-order valence-corrected chi connectivity index (χ1v) is 10.5. The van der Waals surface area contributed by atoms with Crippen molar-refractivity contribution in [2.75, 3.05) is 6.54 Å². The second-order valence-corrected chi connectivity index (χ2v) is 7.99. The maximum atomic E-state index is 12.5. The molecule has 1 rings (SSSR count). The van der Waals surface area contributed by atoms with Gasteiger partial charge in [0.2, 0.25) is 0 Å². The Morgan fingerprint density at radius 1 is 0.958 bits per heavy atom. The monoisotopic (exact) mass is 335 g/mol. The Morgan fingerprint density at radius 2 is 1.58 bits per heavy atom. The van der Waals surface area contributed by atoms with E-state index in [-0.39, 0.29) is 0 Å². The zero-order chi connectivity index (χ0) is 17.6. The highest BCUT2D eigenvalue weighted by molar-refractivity contribution is 5.81. The highest BCUT2D eigenvalue weighted by Crippen LogP contribution is 2.24. The fourth-order valence-electron chi connectivity index (χ4n) is 3.83. The SMILES string of the molecule is C/C=C/CCCCCCCCCCC(=O)C1CC(C)CNC(C)C1. The molecule has 2 heteroatoms. The summed E-state index contributed by atoms with van der Waals surface area (Å²) in [5, 5.41) is 3.54. The molecule has 0 amide bonds. The molecule has 0 aromatic carbocycles. The summed E-state index contributed by atoms with van der Waals surface area (Å²) in [5.41, 5.74) is 0. The number of carbonyl (C=O) groups is 1. The normalized spacial score (nSPS) is 25.0. The van der Waals surface area contributed by atoms with Crippen molar-refractivity contribution < 1.29 is 4.79 Å². The maximum Gasteiger partial charge on any atom is 0.136 e. The molecule has 3 atom stereocenters. The lowest BCUT2D eigenvalue weighted by Crippen LogP contribution is -2.28. The Balaban J connectivity index is 1.99.